The number of allylic oxidation sites excluding steroid dienone is 1. The maximum absolute atomic E-state index is 11.1. The lowest BCUT2D eigenvalue weighted by molar-refractivity contribution is -0.105. The Kier molecular flexibility index (Phi) is 2.32. The highest BCUT2D eigenvalue weighted by molar-refractivity contribution is 5.73. The van der Waals surface area contributed by atoms with Crippen LogP contribution in [0.4, 0.5) is 0 Å². The Bertz CT molecular complexity index is 382. The van der Waals surface area contributed by atoms with Gasteiger partial charge in [0.1, 0.15) is 6.29 Å². The highest BCUT2D eigenvalue weighted by Gasteiger charge is 2.58. The minimum absolute atomic E-state index is 0.0635. The predicted octanol–water partition coefficient (Wildman–Crippen LogP) is 3.12. The smallest absolute Gasteiger partial charge is 0.145 e. The van der Waals surface area contributed by atoms with Crippen LogP contribution in [0.3, 0.4) is 0 Å². The fraction of sp³-hybridized carbons (Fsp3) is 0.800. The third kappa shape index (κ3) is 1.77. The number of rotatable bonds is 1. The van der Waals surface area contributed by atoms with E-state index >= 15 is 0 Å². The van der Waals surface area contributed by atoms with Crippen molar-refractivity contribution in [1.82, 2.24) is 0 Å². The maximum atomic E-state index is 11.1. The third-order valence-corrected chi connectivity index (χ3v) is 5.33. The van der Waals surface area contributed by atoms with Gasteiger partial charge < -0.3 is 4.74 Å². The van der Waals surface area contributed by atoms with Gasteiger partial charge in [0.25, 0.3) is 0 Å². The molecule has 0 aromatic rings. The number of hydrogen-bond donors (Lipinski definition) is 0. The largest absolute Gasteiger partial charge is 0.366 e. The number of epoxide rings is 1. The molecule has 3 rings (SSSR count). The first kappa shape index (κ1) is 11.5. The first-order chi connectivity index (χ1) is 7.97. The van der Waals surface area contributed by atoms with Gasteiger partial charge in [0.05, 0.1) is 11.7 Å². The Morgan fingerprint density at radius 1 is 1.41 bits per heavy atom. The molecule has 1 saturated carbocycles. The van der Waals surface area contributed by atoms with E-state index in [-0.39, 0.29) is 11.7 Å². The van der Waals surface area contributed by atoms with Crippen LogP contribution in [-0.4, -0.2) is 18.0 Å². The number of carbonyl (C=O) groups excluding carboxylic acids is 1. The minimum atomic E-state index is 0.0635. The molecule has 4 atom stereocenters. The molecule has 2 aliphatic carbocycles. The van der Waals surface area contributed by atoms with Crippen molar-refractivity contribution < 1.29 is 9.53 Å². The Hall–Kier alpha value is -0.630. The van der Waals surface area contributed by atoms with Gasteiger partial charge in [-0.25, -0.2) is 0 Å². The lowest BCUT2D eigenvalue weighted by Gasteiger charge is -2.08. The average Bonchev–Trinajstić information content (AvgIpc) is 3.06. The van der Waals surface area contributed by atoms with Crippen LogP contribution in [0.5, 0.6) is 0 Å². The van der Waals surface area contributed by atoms with Crippen molar-refractivity contribution in [2.45, 2.75) is 58.2 Å². The standard InChI is InChI=1S/C15H22O2/c1-14(2)11-5-4-6-15(3)13(17-15)8-10(9-16)7-12(11)14/h7,9,11-13H,4-6,8H2,1-3H3. The molecule has 1 saturated heterocycles. The summed E-state index contributed by atoms with van der Waals surface area (Å²) < 4.78 is 5.77. The molecule has 0 aromatic carbocycles. The van der Waals surface area contributed by atoms with E-state index in [0.717, 1.165) is 30.6 Å². The molecule has 1 aliphatic heterocycles. The van der Waals surface area contributed by atoms with Crippen LogP contribution in [0.25, 0.3) is 0 Å². The molecule has 0 spiro atoms. The molecule has 2 fully saturated rings. The lowest BCUT2D eigenvalue weighted by atomic mass is 9.93. The zero-order valence-electron chi connectivity index (χ0n) is 11.0. The topological polar surface area (TPSA) is 29.6 Å². The third-order valence-electron chi connectivity index (χ3n) is 5.33. The quantitative estimate of drug-likeness (QED) is 0.515. The van der Waals surface area contributed by atoms with Crippen molar-refractivity contribution >= 4 is 6.29 Å². The van der Waals surface area contributed by atoms with Gasteiger partial charge in [-0.2, -0.15) is 0 Å². The van der Waals surface area contributed by atoms with Crippen LogP contribution in [0, 0.1) is 17.3 Å². The van der Waals surface area contributed by atoms with E-state index in [4.69, 9.17) is 4.74 Å². The summed E-state index contributed by atoms with van der Waals surface area (Å²) in [6.07, 6.45) is 8.08. The molecule has 0 amide bonds. The highest BCUT2D eigenvalue weighted by atomic mass is 16.6. The molecule has 94 valence electrons. The van der Waals surface area contributed by atoms with Crippen LogP contribution >= 0.6 is 0 Å². The van der Waals surface area contributed by atoms with Gasteiger partial charge in [0, 0.05) is 6.42 Å². The maximum Gasteiger partial charge on any atom is 0.145 e. The van der Waals surface area contributed by atoms with Gasteiger partial charge >= 0.3 is 0 Å². The van der Waals surface area contributed by atoms with E-state index < -0.39 is 0 Å². The first-order valence-electron chi connectivity index (χ1n) is 6.81. The highest BCUT2D eigenvalue weighted by Crippen LogP contribution is 2.62. The molecule has 0 bridgehead atoms. The average molecular weight is 234 g/mol. The van der Waals surface area contributed by atoms with Gasteiger partial charge in [0.2, 0.25) is 0 Å². The lowest BCUT2D eigenvalue weighted by Crippen LogP contribution is -2.11. The molecular weight excluding hydrogens is 212 g/mol. The summed E-state index contributed by atoms with van der Waals surface area (Å²) in [4.78, 5) is 11.1. The Morgan fingerprint density at radius 3 is 2.88 bits per heavy atom. The second-order valence-corrected chi connectivity index (χ2v) is 6.83. The Labute approximate surface area is 103 Å². The summed E-state index contributed by atoms with van der Waals surface area (Å²) in [7, 11) is 0. The van der Waals surface area contributed by atoms with Crippen LogP contribution in [-0.2, 0) is 9.53 Å². The summed E-state index contributed by atoms with van der Waals surface area (Å²) in [5.41, 5.74) is 1.43. The SMILES string of the molecule is CC12CCCC3C(C=C(C=O)CC1O2)C3(C)C. The van der Waals surface area contributed by atoms with Crippen molar-refractivity contribution in [3.8, 4) is 0 Å². The summed E-state index contributed by atoms with van der Waals surface area (Å²) in [6, 6.07) is 0. The normalized spacial score (nSPS) is 47.2. The molecule has 2 heteroatoms. The number of aldehydes is 1. The number of hydrogen-bond acceptors (Lipinski definition) is 2. The van der Waals surface area contributed by atoms with Gasteiger partial charge in [-0.15, -0.1) is 0 Å². The van der Waals surface area contributed by atoms with E-state index in [1.165, 1.54) is 12.8 Å². The summed E-state index contributed by atoms with van der Waals surface area (Å²) in [5, 5.41) is 0. The van der Waals surface area contributed by atoms with Crippen molar-refractivity contribution in [2.24, 2.45) is 17.3 Å². The second kappa shape index (κ2) is 3.44. The number of ether oxygens (including phenoxy) is 1. The van der Waals surface area contributed by atoms with E-state index in [1.807, 2.05) is 0 Å². The molecule has 4 unspecified atom stereocenters. The van der Waals surface area contributed by atoms with Crippen molar-refractivity contribution in [3.63, 3.8) is 0 Å². The van der Waals surface area contributed by atoms with Gasteiger partial charge in [0.15, 0.2) is 0 Å². The van der Waals surface area contributed by atoms with E-state index in [2.05, 4.69) is 26.8 Å². The zero-order chi connectivity index (χ0) is 12.3. The summed E-state index contributed by atoms with van der Waals surface area (Å²) in [5.74, 6) is 1.39. The Balaban J connectivity index is 1.82. The fourth-order valence-corrected chi connectivity index (χ4v) is 3.71. The molecule has 17 heavy (non-hydrogen) atoms. The Morgan fingerprint density at radius 2 is 2.18 bits per heavy atom. The van der Waals surface area contributed by atoms with Gasteiger partial charge in [-0.1, -0.05) is 26.3 Å². The van der Waals surface area contributed by atoms with Crippen LogP contribution in [0.2, 0.25) is 0 Å². The molecule has 1 heterocycles. The monoisotopic (exact) mass is 234 g/mol. The molecule has 0 N–H and O–H groups in total. The van der Waals surface area contributed by atoms with E-state index in [0.29, 0.717) is 11.3 Å². The minimum Gasteiger partial charge on any atom is -0.366 e. The van der Waals surface area contributed by atoms with Gasteiger partial charge in [-0.05, 0) is 42.6 Å². The van der Waals surface area contributed by atoms with E-state index in [1.54, 1.807) is 0 Å². The van der Waals surface area contributed by atoms with E-state index in [9.17, 15) is 4.79 Å². The van der Waals surface area contributed by atoms with Gasteiger partial charge in [-0.3, -0.25) is 4.79 Å². The van der Waals surface area contributed by atoms with Crippen LogP contribution in [0.1, 0.15) is 46.5 Å². The predicted molar refractivity (Wildman–Crippen MR) is 66.7 cm³/mol. The fourth-order valence-electron chi connectivity index (χ4n) is 3.71. The number of fused-ring (bicyclic) bond motifs is 2. The summed E-state index contributed by atoms with van der Waals surface area (Å²) >= 11 is 0. The van der Waals surface area contributed by atoms with Crippen LogP contribution in [0.15, 0.2) is 11.6 Å². The van der Waals surface area contributed by atoms with Crippen molar-refractivity contribution in [1.29, 1.82) is 0 Å². The first-order valence-corrected chi connectivity index (χ1v) is 6.81. The molecule has 3 aliphatic rings. The van der Waals surface area contributed by atoms with Crippen molar-refractivity contribution in [2.75, 3.05) is 0 Å². The second-order valence-electron chi connectivity index (χ2n) is 6.83. The molecular formula is C15H22O2. The number of carbonyl (C=O) groups is 1. The van der Waals surface area contributed by atoms with Crippen molar-refractivity contribution in [3.05, 3.63) is 11.6 Å². The summed E-state index contributed by atoms with van der Waals surface area (Å²) in [6.45, 7) is 6.85. The molecule has 0 radical (unpaired) electrons. The van der Waals surface area contributed by atoms with Crippen LogP contribution < -0.4 is 0 Å². The molecule has 2 nitrogen and oxygen atoms in total. The molecule has 0 aromatic heterocycles. The zero-order valence-corrected chi connectivity index (χ0v) is 11.0.